The van der Waals surface area contributed by atoms with Crippen molar-refractivity contribution in [3.8, 4) is 0 Å². The fourth-order valence-corrected chi connectivity index (χ4v) is 2.48. The van der Waals surface area contributed by atoms with E-state index in [1.807, 2.05) is 0 Å². The zero-order chi connectivity index (χ0) is 13.5. The van der Waals surface area contributed by atoms with Crippen LogP contribution in [0.1, 0.15) is 18.9 Å². The molecule has 0 fully saturated rings. The van der Waals surface area contributed by atoms with Crippen LogP contribution in [0.25, 0.3) is 10.8 Å². The first kappa shape index (κ1) is 14.0. The number of rotatable bonds is 7. The van der Waals surface area contributed by atoms with Gasteiger partial charge in [0, 0.05) is 13.2 Å². The fraction of sp³-hybridized carbons (Fsp3) is 0.412. The maximum Gasteiger partial charge on any atom is 0.0619 e. The van der Waals surface area contributed by atoms with E-state index < -0.39 is 0 Å². The second kappa shape index (κ2) is 7.27. The molecule has 2 nitrogen and oxygen atoms in total. The third-order valence-electron chi connectivity index (χ3n) is 3.40. The van der Waals surface area contributed by atoms with Crippen LogP contribution in [-0.2, 0) is 11.2 Å². The Morgan fingerprint density at radius 2 is 1.89 bits per heavy atom. The summed E-state index contributed by atoms with van der Waals surface area (Å²) < 4.78 is 5.32. The topological polar surface area (TPSA) is 21.3 Å². The van der Waals surface area contributed by atoms with Crippen molar-refractivity contribution in [1.29, 1.82) is 0 Å². The third-order valence-corrected chi connectivity index (χ3v) is 3.40. The number of methoxy groups -OCH3 is 1. The molecule has 2 aromatic carbocycles. The molecule has 2 heteroatoms. The van der Waals surface area contributed by atoms with Gasteiger partial charge in [-0.2, -0.15) is 0 Å². The summed E-state index contributed by atoms with van der Waals surface area (Å²) in [5.41, 5.74) is 1.39. The third kappa shape index (κ3) is 3.79. The van der Waals surface area contributed by atoms with Crippen LogP contribution in [0, 0.1) is 0 Å². The largest absolute Gasteiger partial charge is 0.383 e. The number of ether oxygens (including phenoxy) is 1. The van der Waals surface area contributed by atoms with Gasteiger partial charge in [0.25, 0.3) is 0 Å². The number of nitrogens with one attached hydrogen (secondary N) is 1. The van der Waals surface area contributed by atoms with Gasteiger partial charge in [-0.25, -0.2) is 0 Å². The summed E-state index contributed by atoms with van der Waals surface area (Å²) in [4.78, 5) is 0. The van der Waals surface area contributed by atoms with Crippen LogP contribution in [0.4, 0.5) is 0 Å². The Kier molecular flexibility index (Phi) is 5.37. The van der Waals surface area contributed by atoms with Gasteiger partial charge in [0.2, 0.25) is 0 Å². The van der Waals surface area contributed by atoms with Crippen LogP contribution in [-0.4, -0.2) is 26.3 Å². The average Bonchev–Trinajstić information content (AvgIpc) is 2.45. The van der Waals surface area contributed by atoms with Gasteiger partial charge in [-0.15, -0.1) is 0 Å². The minimum atomic E-state index is 0.385. The Labute approximate surface area is 115 Å². The van der Waals surface area contributed by atoms with Crippen molar-refractivity contribution in [2.75, 3.05) is 20.3 Å². The summed E-state index contributed by atoms with van der Waals surface area (Å²) in [7, 11) is 1.77. The molecule has 1 atom stereocenters. The van der Waals surface area contributed by atoms with E-state index in [9.17, 15) is 0 Å². The lowest BCUT2D eigenvalue weighted by Crippen LogP contribution is -2.35. The van der Waals surface area contributed by atoms with Crippen LogP contribution in [0.3, 0.4) is 0 Å². The minimum absolute atomic E-state index is 0.385. The molecule has 19 heavy (non-hydrogen) atoms. The fourth-order valence-electron chi connectivity index (χ4n) is 2.48. The maximum atomic E-state index is 5.32. The van der Waals surface area contributed by atoms with Crippen molar-refractivity contribution in [3.63, 3.8) is 0 Å². The van der Waals surface area contributed by atoms with E-state index in [-0.39, 0.29) is 0 Å². The van der Waals surface area contributed by atoms with E-state index in [0.717, 1.165) is 26.0 Å². The molecule has 0 saturated heterocycles. The summed E-state index contributed by atoms with van der Waals surface area (Å²) in [5, 5.41) is 6.22. The molecule has 0 aliphatic carbocycles. The van der Waals surface area contributed by atoms with E-state index in [1.165, 1.54) is 16.3 Å². The molecule has 0 aromatic heterocycles. The summed E-state index contributed by atoms with van der Waals surface area (Å²) in [5.74, 6) is 0. The highest BCUT2D eigenvalue weighted by Crippen LogP contribution is 2.19. The minimum Gasteiger partial charge on any atom is -0.383 e. The van der Waals surface area contributed by atoms with Crippen molar-refractivity contribution >= 4 is 10.8 Å². The summed E-state index contributed by atoms with van der Waals surface area (Å²) in [6.45, 7) is 3.98. The second-order valence-corrected chi connectivity index (χ2v) is 4.95. The van der Waals surface area contributed by atoms with Crippen molar-refractivity contribution in [2.24, 2.45) is 0 Å². The molecule has 0 spiro atoms. The van der Waals surface area contributed by atoms with Crippen molar-refractivity contribution in [1.82, 2.24) is 5.32 Å². The maximum absolute atomic E-state index is 5.32. The van der Waals surface area contributed by atoms with Gasteiger partial charge >= 0.3 is 0 Å². The molecule has 0 bridgehead atoms. The normalized spacial score (nSPS) is 12.7. The highest BCUT2D eigenvalue weighted by Gasteiger charge is 2.10. The van der Waals surface area contributed by atoms with E-state index in [4.69, 9.17) is 4.74 Å². The molecule has 0 radical (unpaired) electrons. The molecule has 1 N–H and O–H groups in total. The number of benzene rings is 2. The highest BCUT2D eigenvalue weighted by molar-refractivity contribution is 5.85. The van der Waals surface area contributed by atoms with Gasteiger partial charge in [-0.05, 0) is 35.7 Å². The highest BCUT2D eigenvalue weighted by atomic mass is 16.5. The molecule has 2 aromatic rings. The molecule has 0 saturated carbocycles. The first-order valence-corrected chi connectivity index (χ1v) is 7.04. The molecule has 2 rings (SSSR count). The summed E-state index contributed by atoms with van der Waals surface area (Å²) in [6.07, 6.45) is 2.16. The monoisotopic (exact) mass is 257 g/mol. The Morgan fingerprint density at radius 3 is 2.68 bits per heavy atom. The SMILES string of the molecule is CCCNC(COC)Cc1cccc2ccccc12. The first-order valence-electron chi connectivity index (χ1n) is 7.04. The Hall–Kier alpha value is -1.38. The van der Waals surface area contributed by atoms with Gasteiger partial charge < -0.3 is 10.1 Å². The Balaban J connectivity index is 2.18. The summed E-state index contributed by atoms with van der Waals surface area (Å²) in [6, 6.07) is 15.5. The van der Waals surface area contributed by atoms with Crippen molar-refractivity contribution in [3.05, 3.63) is 48.0 Å². The van der Waals surface area contributed by atoms with Gasteiger partial charge in [-0.1, -0.05) is 49.4 Å². The molecule has 0 amide bonds. The van der Waals surface area contributed by atoms with Crippen molar-refractivity contribution < 1.29 is 4.74 Å². The molecule has 0 aliphatic heterocycles. The van der Waals surface area contributed by atoms with E-state index in [2.05, 4.69) is 54.7 Å². The Bertz CT molecular complexity index is 504. The molecule has 1 unspecified atom stereocenters. The molecular weight excluding hydrogens is 234 g/mol. The molecular formula is C17H23NO. The van der Waals surface area contributed by atoms with Crippen LogP contribution in [0.2, 0.25) is 0 Å². The number of hydrogen-bond acceptors (Lipinski definition) is 2. The lowest BCUT2D eigenvalue weighted by atomic mass is 9.99. The van der Waals surface area contributed by atoms with E-state index in [0.29, 0.717) is 6.04 Å². The predicted octanol–water partition coefficient (Wildman–Crippen LogP) is 3.40. The average molecular weight is 257 g/mol. The van der Waals surface area contributed by atoms with Crippen LogP contribution >= 0.6 is 0 Å². The van der Waals surface area contributed by atoms with Crippen LogP contribution in [0.5, 0.6) is 0 Å². The van der Waals surface area contributed by atoms with E-state index >= 15 is 0 Å². The molecule has 0 heterocycles. The number of hydrogen-bond donors (Lipinski definition) is 1. The predicted molar refractivity (Wildman–Crippen MR) is 81.6 cm³/mol. The van der Waals surface area contributed by atoms with E-state index in [1.54, 1.807) is 7.11 Å². The Morgan fingerprint density at radius 1 is 1.11 bits per heavy atom. The lowest BCUT2D eigenvalue weighted by Gasteiger charge is -2.18. The summed E-state index contributed by atoms with van der Waals surface area (Å²) >= 11 is 0. The second-order valence-electron chi connectivity index (χ2n) is 4.95. The van der Waals surface area contributed by atoms with Gasteiger partial charge in [0.1, 0.15) is 0 Å². The quantitative estimate of drug-likeness (QED) is 0.821. The van der Waals surface area contributed by atoms with Gasteiger partial charge in [0.05, 0.1) is 6.61 Å². The van der Waals surface area contributed by atoms with Gasteiger partial charge in [0.15, 0.2) is 0 Å². The van der Waals surface area contributed by atoms with Crippen molar-refractivity contribution in [2.45, 2.75) is 25.8 Å². The lowest BCUT2D eigenvalue weighted by molar-refractivity contribution is 0.166. The molecule has 0 aliphatic rings. The van der Waals surface area contributed by atoms with Crippen LogP contribution in [0.15, 0.2) is 42.5 Å². The number of fused-ring (bicyclic) bond motifs is 1. The molecule has 102 valence electrons. The zero-order valence-corrected chi connectivity index (χ0v) is 11.9. The smallest absolute Gasteiger partial charge is 0.0619 e. The standard InChI is InChI=1S/C17H23NO/c1-3-11-18-16(13-19-2)12-15-9-6-8-14-7-4-5-10-17(14)15/h4-10,16,18H,3,11-13H2,1-2H3. The zero-order valence-electron chi connectivity index (χ0n) is 11.9. The van der Waals surface area contributed by atoms with Gasteiger partial charge in [-0.3, -0.25) is 0 Å². The first-order chi connectivity index (χ1) is 9.35. The van der Waals surface area contributed by atoms with Crippen LogP contribution < -0.4 is 5.32 Å².